The Kier molecular flexibility index (Phi) is 21.1. The molecule has 3 atom stereocenters. The molecule has 35 heavy (non-hydrogen) atoms. The van der Waals surface area contributed by atoms with Crippen molar-refractivity contribution in [3.63, 3.8) is 0 Å². The van der Waals surface area contributed by atoms with Crippen LogP contribution in [0.5, 0.6) is 0 Å². The second-order valence-electron chi connectivity index (χ2n) is 8.41. The number of aryl methyl sites for hydroxylation is 1. The number of anilines is 1. The molecule has 0 aromatic heterocycles. The van der Waals surface area contributed by atoms with Crippen LogP contribution < -0.4 is 16.4 Å². The van der Waals surface area contributed by atoms with Gasteiger partial charge in [-0.3, -0.25) is 9.59 Å². The minimum atomic E-state index is -0.456. The third-order valence-electron chi connectivity index (χ3n) is 5.47. The maximum Gasteiger partial charge on any atom is 0.163 e. The zero-order chi connectivity index (χ0) is 27.4. The topological polar surface area (TPSA) is 108 Å². The number of carbonyl (C=O) groups excluding carboxylic acids is 2. The van der Waals surface area contributed by atoms with Crippen molar-refractivity contribution < 1.29 is 14.7 Å². The van der Waals surface area contributed by atoms with E-state index in [9.17, 15) is 9.59 Å². The molecule has 0 radical (unpaired) electrons. The molecule has 202 valence electrons. The third kappa shape index (κ3) is 14.7. The van der Waals surface area contributed by atoms with Crippen LogP contribution in [0.15, 0.2) is 31.0 Å². The molecular weight excluding hydrogens is 440 g/mol. The smallest absolute Gasteiger partial charge is 0.163 e. The molecule has 1 aliphatic heterocycles. The van der Waals surface area contributed by atoms with E-state index in [4.69, 9.17) is 10.8 Å². The molecule has 5 N–H and O–H groups in total. The number of ketones is 2. The summed E-state index contributed by atoms with van der Waals surface area (Å²) in [5.74, 6) is 0.271. The molecule has 1 aliphatic rings. The number of hydrogen-bond donors (Lipinski definition) is 4. The number of Topliss-reactive ketones (excluding diaryl/α,β-unsaturated/α-hetero) is 2. The number of nitrogens with one attached hydrogen (secondary N) is 2. The molecule has 2 rings (SSSR count). The van der Waals surface area contributed by atoms with E-state index in [1.807, 2.05) is 50.9 Å². The molecule has 0 saturated carbocycles. The van der Waals surface area contributed by atoms with Crippen molar-refractivity contribution in [2.24, 2.45) is 5.73 Å². The number of nitrogens with two attached hydrogens (primary N) is 1. The fourth-order valence-corrected chi connectivity index (χ4v) is 3.14. The lowest BCUT2D eigenvalue weighted by Gasteiger charge is -2.25. The molecular formula is C28H52N4O3. The van der Waals surface area contributed by atoms with Gasteiger partial charge in [0.15, 0.2) is 5.78 Å². The highest BCUT2D eigenvalue weighted by molar-refractivity contribution is 5.97. The zero-order valence-electron chi connectivity index (χ0n) is 23.5. The first kappa shape index (κ1) is 34.9. The van der Waals surface area contributed by atoms with Gasteiger partial charge in [0.05, 0.1) is 18.3 Å². The Bertz CT molecular complexity index is 722. The van der Waals surface area contributed by atoms with Crippen LogP contribution in [0.3, 0.4) is 0 Å². The first-order valence-electron chi connectivity index (χ1n) is 13.0. The molecule has 1 saturated heterocycles. The van der Waals surface area contributed by atoms with Crippen molar-refractivity contribution in [3.05, 3.63) is 42.1 Å². The number of benzene rings is 1. The molecule has 7 heteroatoms. The van der Waals surface area contributed by atoms with E-state index >= 15 is 0 Å². The number of unbranched alkanes of at least 4 members (excludes halogenated alkanes) is 1. The molecule has 3 unspecified atom stereocenters. The second-order valence-corrected chi connectivity index (χ2v) is 8.41. The van der Waals surface area contributed by atoms with Crippen LogP contribution in [0.25, 0.3) is 0 Å². The van der Waals surface area contributed by atoms with Gasteiger partial charge in [-0.25, -0.2) is 0 Å². The molecule has 1 fully saturated rings. The Morgan fingerprint density at radius 1 is 1.31 bits per heavy atom. The van der Waals surface area contributed by atoms with Crippen LogP contribution >= 0.6 is 0 Å². The van der Waals surface area contributed by atoms with E-state index in [0.29, 0.717) is 12.8 Å². The molecule has 1 aromatic rings. The highest BCUT2D eigenvalue weighted by Gasteiger charge is 2.27. The van der Waals surface area contributed by atoms with Gasteiger partial charge < -0.3 is 26.4 Å². The molecule has 0 aliphatic carbocycles. The first-order chi connectivity index (χ1) is 16.6. The molecule has 1 heterocycles. The predicted molar refractivity (Wildman–Crippen MR) is 150 cm³/mol. The van der Waals surface area contributed by atoms with E-state index in [0.717, 1.165) is 49.2 Å². The molecule has 0 bridgehead atoms. The quantitative estimate of drug-likeness (QED) is 0.272. The Labute approximate surface area is 214 Å². The number of aliphatic hydroxyl groups is 1. The number of hydrogen-bond acceptors (Lipinski definition) is 7. The summed E-state index contributed by atoms with van der Waals surface area (Å²) in [6.45, 7) is 19.0. The zero-order valence-corrected chi connectivity index (χ0v) is 23.5. The van der Waals surface area contributed by atoms with Crippen LogP contribution in [0.2, 0.25) is 0 Å². The SMILES string of the molecule is C=CN(C)C(C)Nc1ccc(C(=O)CCCC)c(C)c1.CC.CC(=O)C1NCCC1O.CCCN. The van der Waals surface area contributed by atoms with Crippen LogP contribution in [-0.4, -0.2) is 60.0 Å². The molecule has 1 aromatic carbocycles. The van der Waals surface area contributed by atoms with Crippen molar-refractivity contribution in [2.75, 3.05) is 25.5 Å². The van der Waals surface area contributed by atoms with Gasteiger partial charge in [0, 0.05) is 24.7 Å². The largest absolute Gasteiger partial charge is 0.391 e. The Morgan fingerprint density at radius 2 is 1.91 bits per heavy atom. The predicted octanol–water partition coefficient (Wildman–Crippen LogP) is 4.88. The summed E-state index contributed by atoms with van der Waals surface area (Å²) < 4.78 is 0. The average Bonchev–Trinajstić information content (AvgIpc) is 3.30. The highest BCUT2D eigenvalue weighted by atomic mass is 16.3. The highest BCUT2D eigenvalue weighted by Crippen LogP contribution is 2.18. The summed E-state index contributed by atoms with van der Waals surface area (Å²) >= 11 is 0. The summed E-state index contributed by atoms with van der Waals surface area (Å²) in [7, 11) is 1.97. The Morgan fingerprint density at radius 3 is 2.29 bits per heavy atom. The third-order valence-corrected chi connectivity index (χ3v) is 5.47. The van der Waals surface area contributed by atoms with Crippen molar-refractivity contribution >= 4 is 17.3 Å². The normalized spacial score (nSPS) is 16.7. The summed E-state index contributed by atoms with van der Waals surface area (Å²) in [5, 5.41) is 15.4. The van der Waals surface area contributed by atoms with Gasteiger partial charge >= 0.3 is 0 Å². The van der Waals surface area contributed by atoms with Crippen LogP contribution in [0.4, 0.5) is 5.69 Å². The lowest BCUT2D eigenvalue weighted by Crippen LogP contribution is -2.36. The van der Waals surface area contributed by atoms with Gasteiger partial charge in [0.2, 0.25) is 0 Å². The Hall–Kier alpha value is -2.22. The summed E-state index contributed by atoms with van der Waals surface area (Å²) in [6, 6.07) is 5.63. The van der Waals surface area contributed by atoms with Crippen LogP contribution in [0, 0.1) is 6.92 Å². The number of rotatable bonds is 10. The van der Waals surface area contributed by atoms with Crippen LogP contribution in [-0.2, 0) is 4.79 Å². The summed E-state index contributed by atoms with van der Waals surface area (Å²) in [4.78, 5) is 24.7. The van der Waals surface area contributed by atoms with E-state index in [2.05, 4.69) is 38.0 Å². The fraction of sp³-hybridized carbons (Fsp3) is 0.643. The van der Waals surface area contributed by atoms with Crippen molar-refractivity contribution in [1.82, 2.24) is 10.2 Å². The number of aliphatic hydroxyl groups excluding tert-OH is 1. The van der Waals surface area contributed by atoms with Gasteiger partial charge in [0.1, 0.15) is 5.78 Å². The van der Waals surface area contributed by atoms with Gasteiger partial charge in [-0.1, -0.05) is 40.7 Å². The maximum absolute atomic E-state index is 12.1. The first-order valence-corrected chi connectivity index (χ1v) is 13.0. The molecule has 0 spiro atoms. The Balaban J connectivity index is 0. The van der Waals surface area contributed by atoms with Gasteiger partial charge in [-0.05, 0) is 83.1 Å². The lowest BCUT2D eigenvalue weighted by molar-refractivity contribution is -0.120. The lowest BCUT2D eigenvalue weighted by atomic mass is 10.0. The van der Waals surface area contributed by atoms with E-state index in [1.165, 1.54) is 6.92 Å². The van der Waals surface area contributed by atoms with E-state index in [1.54, 1.807) is 6.20 Å². The molecule has 0 amide bonds. The average molecular weight is 493 g/mol. The monoisotopic (exact) mass is 492 g/mol. The van der Waals surface area contributed by atoms with Gasteiger partial charge in [-0.15, -0.1) is 0 Å². The standard InChI is InChI=1S/C17H26N2O.C6H11NO2.C3H9N.C2H6/c1-6-8-9-17(20)16-11-10-15(12-13(16)3)18-14(4)19(5)7-2;1-4(8)6-5(9)2-3-7-6;1-2-3-4;1-2/h7,10-12,14,18H,2,6,8-9H2,1,3-5H3;5-7,9H,2-3H2,1H3;2-4H2,1H3;1-2H3. The van der Waals surface area contributed by atoms with Crippen molar-refractivity contribution in [2.45, 2.75) is 98.9 Å². The summed E-state index contributed by atoms with van der Waals surface area (Å²) in [5.41, 5.74) is 7.93. The van der Waals surface area contributed by atoms with Crippen molar-refractivity contribution in [1.29, 1.82) is 0 Å². The minimum Gasteiger partial charge on any atom is -0.391 e. The van der Waals surface area contributed by atoms with Gasteiger partial charge in [0.25, 0.3) is 0 Å². The number of carbonyl (C=O) groups is 2. The maximum atomic E-state index is 12.1. The van der Waals surface area contributed by atoms with Gasteiger partial charge in [-0.2, -0.15) is 0 Å². The fourth-order valence-electron chi connectivity index (χ4n) is 3.14. The second kappa shape index (κ2) is 21.1. The van der Waals surface area contributed by atoms with Crippen molar-refractivity contribution in [3.8, 4) is 0 Å². The number of nitrogens with zero attached hydrogens (tertiary/aromatic N) is 1. The molecule has 7 nitrogen and oxygen atoms in total. The van der Waals surface area contributed by atoms with Crippen LogP contribution in [0.1, 0.15) is 89.6 Å². The van der Waals surface area contributed by atoms with E-state index < -0.39 is 6.10 Å². The minimum absolute atomic E-state index is 0.0278. The summed E-state index contributed by atoms with van der Waals surface area (Å²) in [6.07, 6.45) is 5.93. The van der Waals surface area contributed by atoms with E-state index in [-0.39, 0.29) is 23.8 Å².